The first-order valence-corrected chi connectivity index (χ1v) is 7.66. The molecule has 0 saturated carbocycles. The fraction of sp³-hybridized carbons (Fsp3) is 0.118. The quantitative estimate of drug-likeness (QED) is 0.391. The van der Waals surface area contributed by atoms with E-state index in [-0.39, 0.29) is 0 Å². The van der Waals surface area contributed by atoms with Gasteiger partial charge in [0.15, 0.2) is 10.9 Å². The molecule has 0 aliphatic rings. The van der Waals surface area contributed by atoms with Gasteiger partial charge in [-0.25, -0.2) is 4.98 Å². The Morgan fingerprint density at radius 2 is 1.87 bits per heavy atom. The third kappa shape index (κ3) is 3.54. The Morgan fingerprint density at radius 1 is 1.13 bits per heavy atom. The number of aryl methyl sites for hydroxylation is 1. The molecule has 3 rings (SSSR count). The van der Waals surface area contributed by atoms with Gasteiger partial charge in [0.05, 0.1) is 11.0 Å². The molecule has 0 amide bonds. The topological polar surface area (TPSA) is 65.1 Å². The van der Waals surface area contributed by atoms with Crippen LogP contribution < -0.4 is 10.7 Å². The van der Waals surface area contributed by atoms with Crippen molar-refractivity contribution < 1.29 is 0 Å². The summed E-state index contributed by atoms with van der Waals surface area (Å²) in [6, 6.07) is 15.8. The summed E-state index contributed by atoms with van der Waals surface area (Å²) in [5.74, 6) is 0.720. The molecular weight excluding hydrogens is 306 g/mol. The molecule has 0 aliphatic carbocycles. The Bertz CT molecular complexity index is 848. The van der Waals surface area contributed by atoms with E-state index in [2.05, 4.69) is 25.8 Å². The fourth-order valence-corrected chi connectivity index (χ4v) is 2.33. The molecule has 0 aliphatic heterocycles. The van der Waals surface area contributed by atoms with Crippen LogP contribution in [0.15, 0.2) is 53.6 Å². The minimum Gasteiger partial charge on any atom is -0.337 e. The van der Waals surface area contributed by atoms with E-state index in [1.54, 1.807) is 0 Å². The molecule has 23 heavy (non-hydrogen) atoms. The molecule has 2 aromatic carbocycles. The predicted molar refractivity (Wildman–Crippen MR) is 98.8 cm³/mol. The number of nitrogens with one attached hydrogen (secondary N) is 3. The van der Waals surface area contributed by atoms with Gasteiger partial charge >= 0.3 is 0 Å². The maximum Gasteiger partial charge on any atom is 0.191 e. The molecule has 0 bridgehead atoms. The van der Waals surface area contributed by atoms with Crippen molar-refractivity contribution in [1.82, 2.24) is 15.4 Å². The summed E-state index contributed by atoms with van der Waals surface area (Å²) >= 11 is 5.27. The first-order valence-electron chi connectivity index (χ1n) is 7.25. The summed E-state index contributed by atoms with van der Waals surface area (Å²) in [6.45, 7) is 3.90. The van der Waals surface area contributed by atoms with Gasteiger partial charge in [0.25, 0.3) is 0 Å². The monoisotopic (exact) mass is 323 g/mol. The Morgan fingerprint density at radius 3 is 2.65 bits per heavy atom. The molecular formula is C17H17N5S. The van der Waals surface area contributed by atoms with Crippen LogP contribution in [-0.2, 0) is 0 Å². The molecule has 0 spiro atoms. The van der Waals surface area contributed by atoms with Crippen molar-refractivity contribution in [3.05, 3.63) is 59.9 Å². The number of anilines is 1. The number of benzene rings is 2. The maximum atomic E-state index is 5.27. The van der Waals surface area contributed by atoms with Crippen LogP contribution in [0, 0.1) is 6.92 Å². The van der Waals surface area contributed by atoms with Crippen LogP contribution in [0.3, 0.4) is 0 Å². The molecule has 5 nitrogen and oxygen atoms in total. The van der Waals surface area contributed by atoms with Crippen molar-refractivity contribution in [3.8, 4) is 0 Å². The summed E-state index contributed by atoms with van der Waals surface area (Å²) in [4.78, 5) is 7.73. The van der Waals surface area contributed by atoms with E-state index in [9.17, 15) is 0 Å². The number of H-pyrrole nitrogens is 1. The Balaban J connectivity index is 1.69. The van der Waals surface area contributed by atoms with Gasteiger partial charge in [-0.3, -0.25) is 5.43 Å². The van der Waals surface area contributed by atoms with Crippen LogP contribution in [0.25, 0.3) is 11.0 Å². The van der Waals surface area contributed by atoms with Gasteiger partial charge in [0, 0.05) is 5.69 Å². The minimum atomic E-state index is 0.440. The lowest BCUT2D eigenvalue weighted by molar-refractivity contribution is 1.03. The van der Waals surface area contributed by atoms with Crippen molar-refractivity contribution in [2.24, 2.45) is 5.10 Å². The largest absolute Gasteiger partial charge is 0.337 e. The lowest BCUT2D eigenvalue weighted by atomic mass is 10.2. The molecule has 0 saturated heterocycles. The number of hydrogen-bond acceptors (Lipinski definition) is 3. The van der Waals surface area contributed by atoms with Gasteiger partial charge in [0.2, 0.25) is 0 Å². The molecule has 3 N–H and O–H groups in total. The average molecular weight is 323 g/mol. The van der Waals surface area contributed by atoms with E-state index < -0.39 is 0 Å². The van der Waals surface area contributed by atoms with Crippen molar-refractivity contribution in [2.75, 3.05) is 5.32 Å². The number of aromatic nitrogens is 2. The molecule has 3 aromatic rings. The number of imidazole rings is 1. The number of hydrazone groups is 1. The molecule has 1 aromatic heterocycles. The van der Waals surface area contributed by atoms with E-state index in [0.717, 1.165) is 33.8 Å². The Labute approximate surface area is 139 Å². The maximum absolute atomic E-state index is 5.27. The van der Waals surface area contributed by atoms with Crippen LogP contribution in [0.1, 0.15) is 18.3 Å². The van der Waals surface area contributed by atoms with Gasteiger partial charge in [-0.2, -0.15) is 5.10 Å². The summed E-state index contributed by atoms with van der Waals surface area (Å²) in [7, 11) is 0. The molecule has 0 atom stereocenters. The van der Waals surface area contributed by atoms with Gasteiger partial charge in [-0.05, 0) is 49.8 Å². The van der Waals surface area contributed by atoms with E-state index in [0.29, 0.717) is 5.11 Å². The predicted octanol–water partition coefficient (Wildman–Crippen LogP) is 3.58. The van der Waals surface area contributed by atoms with Crippen LogP contribution in [0.5, 0.6) is 0 Å². The van der Waals surface area contributed by atoms with Crippen LogP contribution >= 0.6 is 12.2 Å². The molecule has 116 valence electrons. The van der Waals surface area contributed by atoms with E-state index in [1.807, 2.05) is 62.4 Å². The van der Waals surface area contributed by atoms with Gasteiger partial charge < -0.3 is 10.3 Å². The number of para-hydroxylation sites is 3. The molecule has 1 heterocycles. The molecule has 0 radical (unpaired) electrons. The second-order valence-electron chi connectivity index (χ2n) is 5.18. The second kappa shape index (κ2) is 6.58. The number of hydrogen-bond donors (Lipinski definition) is 3. The number of thiocarbonyl (C=S) groups is 1. The third-order valence-corrected chi connectivity index (χ3v) is 3.64. The van der Waals surface area contributed by atoms with E-state index in [1.165, 1.54) is 0 Å². The van der Waals surface area contributed by atoms with Gasteiger partial charge in [-0.1, -0.05) is 30.3 Å². The molecule has 0 fully saturated rings. The summed E-state index contributed by atoms with van der Waals surface area (Å²) in [5, 5.41) is 7.85. The minimum absolute atomic E-state index is 0.440. The third-order valence-electron chi connectivity index (χ3n) is 3.45. The van der Waals surface area contributed by atoms with E-state index in [4.69, 9.17) is 12.2 Å². The first kappa shape index (κ1) is 15.2. The zero-order chi connectivity index (χ0) is 16.2. The highest BCUT2D eigenvalue weighted by Crippen LogP contribution is 2.13. The fourth-order valence-electron chi connectivity index (χ4n) is 2.18. The summed E-state index contributed by atoms with van der Waals surface area (Å²) < 4.78 is 0. The number of aromatic amines is 1. The number of fused-ring (bicyclic) bond motifs is 1. The lowest BCUT2D eigenvalue weighted by Gasteiger charge is -2.09. The SMILES string of the molecule is C/C(=N\NC(=S)Nc1ccccc1C)c1nc2ccccc2[nH]1. The highest BCUT2D eigenvalue weighted by atomic mass is 32.1. The van der Waals surface area contributed by atoms with Crippen molar-refractivity contribution in [2.45, 2.75) is 13.8 Å². The lowest BCUT2D eigenvalue weighted by Crippen LogP contribution is -2.25. The number of nitrogens with zero attached hydrogens (tertiary/aromatic N) is 2. The second-order valence-corrected chi connectivity index (χ2v) is 5.59. The van der Waals surface area contributed by atoms with Crippen LogP contribution in [-0.4, -0.2) is 20.8 Å². The normalized spacial score (nSPS) is 11.5. The van der Waals surface area contributed by atoms with Crippen molar-refractivity contribution in [1.29, 1.82) is 0 Å². The van der Waals surface area contributed by atoms with Gasteiger partial charge in [0.1, 0.15) is 5.71 Å². The summed E-state index contributed by atoms with van der Waals surface area (Å²) in [5.41, 5.74) is 7.56. The zero-order valence-electron chi connectivity index (χ0n) is 12.9. The smallest absolute Gasteiger partial charge is 0.191 e. The zero-order valence-corrected chi connectivity index (χ0v) is 13.7. The van der Waals surface area contributed by atoms with Crippen molar-refractivity contribution in [3.63, 3.8) is 0 Å². The van der Waals surface area contributed by atoms with Crippen molar-refractivity contribution >= 4 is 39.8 Å². The Hall–Kier alpha value is -2.73. The van der Waals surface area contributed by atoms with Crippen LogP contribution in [0.4, 0.5) is 5.69 Å². The Kier molecular flexibility index (Phi) is 4.34. The van der Waals surface area contributed by atoms with Crippen LogP contribution in [0.2, 0.25) is 0 Å². The molecule has 0 unspecified atom stereocenters. The highest BCUT2D eigenvalue weighted by molar-refractivity contribution is 7.80. The molecule has 6 heteroatoms. The highest BCUT2D eigenvalue weighted by Gasteiger charge is 2.05. The summed E-state index contributed by atoms with van der Waals surface area (Å²) in [6.07, 6.45) is 0. The average Bonchev–Trinajstić information content (AvgIpc) is 2.99. The number of rotatable bonds is 3. The van der Waals surface area contributed by atoms with Gasteiger partial charge in [-0.15, -0.1) is 0 Å². The van der Waals surface area contributed by atoms with E-state index >= 15 is 0 Å². The first-order chi connectivity index (χ1) is 11.1. The standard InChI is InChI=1S/C17H17N5S/c1-11-7-3-4-8-13(11)20-17(23)22-21-12(2)16-18-14-9-5-6-10-15(14)19-16/h3-10H,1-2H3,(H,18,19)(H2,20,22,23)/b21-12+.